The second-order valence-electron chi connectivity index (χ2n) is 3.21. The van der Waals surface area contributed by atoms with Gasteiger partial charge in [-0.15, -0.1) is 0 Å². The minimum absolute atomic E-state index is 0.0654. The smallest absolute Gasteiger partial charge is 0.147 e. The third-order valence-electron chi connectivity index (χ3n) is 2.01. The van der Waals surface area contributed by atoms with Crippen LogP contribution >= 0.6 is 21.6 Å². The van der Waals surface area contributed by atoms with E-state index in [9.17, 15) is 9.59 Å². The largest absolute Gasteiger partial charge is 0.298 e. The zero-order valence-electron chi connectivity index (χ0n) is 7.91. The first kappa shape index (κ1) is 11.1. The van der Waals surface area contributed by atoms with Gasteiger partial charge in [-0.25, -0.2) is 0 Å². The van der Waals surface area contributed by atoms with E-state index < -0.39 is 0 Å². The topological polar surface area (TPSA) is 34.1 Å². The molecule has 1 aliphatic rings. The fourth-order valence-electron chi connectivity index (χ4n) is 1.16. The minimum Gasteiger partial charge on any atom is -0.298 e. The van der Waals surface area contributed by atoms with Crippen LogP contribution < -0.4 is 0 Å². The first-order chi connectivity index (χ1) is 6.15. The van der Waals surface area contributed by atoms with Crippen LogP contribution in [0.2, 0.25) is 0 Å². The van der Waals surface area contributed by atoms with E-state index in [0.717, 1.165) is 6.42 Å². The molecular formula is C9H14O2S2. The lowest BCUT2D eigenvalue weighted by atomic mass is 10.1. The Hall–Kier alpha value is 0.0400. The summed E-state index contributed by atoms with van der Waals surface area (Å²) in [5.74, 6) is 0.457. The molecule has 0 amide bonds. The second-order valence-corrected chi connectivity index (χ2v) is 6.03. The van der Waals surface area contributed by atoms with Crippen molar-refractivity contribution in [3.8, 4) is 0 Å². The summed E-state index contributed by atoms with van der Waals surface area (Å²) in [5, 5.41) is -0.00988. The van der Waals surface area contributed by atoms with E-state index in [1.165, 1.54) is 10.8 Å². The molecule has 0 aromatic carbocycles. The summed E-state index contributed by atoms with van der Waals surface area (Å²) >= 11 is 0. The molecule has 4 heteroatoms. The Morgan fingerprint density at radius 2 is 2.23 bits per heavy atom. The third-order valence-corrected chi connectivity index (χ3v) is 5.23. The van der Waals surface area contributed by atoms with Gasteiger partial charge in [0.2, 0.25) is 0 Å². The lowest BCUT2D eigenvalue weighted by Gasteiger charge is -2.22. The Kier molecular flexibility index (Phi) is 4.32. The number of carbonyl (C=O) groups is 2. The predicted octanol–water partition coefficient (Wildman–Crippen LogP) is 2.47. The molecular weight excluding hydrogens is 204 g/mol. The van der Waals surface area contributed by atoms with Gasteiger partial charge in [-0.1, -0.05) is 28.5 Å². The van der Waals surface area contributed by atoms with Crippen molar-refractivity contribution in [2.45, 2.75) is 43.6 Å². The Balaban J connectivity index is 2.45. The Bertz CT molecular complexity index is 216. The Labute approximate surface area is 86.6 Å². The van der Waals surface area contributed by atoms with Crippen molar-refractivity contribution in [3.05, 3.63) is 0 Å². The number of rotatable bonds is 3. The molecule has 0 aliphatic carbocycles. The molecule has 0 bridgehead atoms. The molecule has 1 fully saturated rings. The SMILES string of the molecule is CCCC(=O)C1CC(=O)C(C)SS1. The molecule has 74 valence electrons. The summed E-state index contributed by atoms with van der Waals surface area (Å²) in [4.78, 5) is 22.8. The van der Waals surface area contributed by atoms with E-state index in [0.29, 0.717) is 12.8 Å². The summed E-state index contributed by atoms with van der Waals surface area (Å²) in [6.45, 7) is 3.89. The molecule has 0 radical (unpaired) electrons. The summed E-state index contributed by atoms with van der Waals surface area (Å²) in [5.41, 5.74) is 0. The molecule has 13 heavy (non-hydrogen) atoms. The molecule has 2 atom stereocenters. The molecule has 1 rings (SSSR count). The van der Waals surface area contributed by atoms with Crippen molar-refractivity contribution < 1.29 is 9.59 Å². The van der Waals surface area contributed by atoms with Gasteiger partial charge in [-0.2, -0.15) is 0 Å². The molecule has 0 saturated carbocycles. The molecule has 0 spiro atoms. The number of Topliss-reactive ketones (excluding diaryl/α,β-unsaturated/α-hetero) is 2. The monoisotopic (exact) mass is 218 g/mol. The van der Waals surface area contributed by atoms with Crippen molar-refractivity contribution >= 4 is 33.2 Å². The highest BCUT2D eigenvalue weighted by atomic mass is 33.1. The van der Waals surface area contributed by atoms with Gasteiger partial charge in [-0.3, -0.25) is 9.59 Å². The van der Waals surface area contributed by atoms with Crippen LogP contribution in [-0.4, -0.2) is 22.1 Å². The molecule has 1 aliphatic heterocycles. The molecule has 0 aromatic heterocycles. The highest BCUT2D eigenvalue weighted by Gasteiger charge is 2.30. The summed E-state index contributed by atoms with van der Waals surface area (Å²) in [7, 11) is 3.10. The van der Waals surface area contributed by atoms with E-state index >= 15 is 0 Å². The average molecular weight is 218 g/mol. The zero-order valence-corrected chi connectivity index (χ0v) is 9.54. The Morgan fingerprint density at radius 1 is 1.54 bits per heavy atom. The van der Waals surface area contributed by atoms with Crippen LogP contribution in [0.5, 0.6) is 0 Å². The van der Waals surface area contributed by atoms with Crippen LogP contribution in [0.1, 0.15) is 33.1 Å². The summed E-state index contributed by atoms with van der Waals surface area (Å²) in [6.07, 6.45) is 1.93. The Morgan fingerprint density at radius 3 is 2.77 bits per heavy atom. The van der Waals surface area contributed by atoms with Crippen LogP contribution in [0.3, 0.4) is 0 Å². The van der Waals surface area contributed by atoms with E-state index in [-0.39, 0.29) is 22.1 Å². The fraction of sp³-hybridized carbons (Fsp3) is 0.778. The average Bonchev–Trinajstić information content (AvgIpc) is 2.10. The van der Waals surface area contributed by atoms with Gasteiger partial charge in [0.1, 0.15) is 11.6 Å². The first-order valence-electron chi connectivity index (χ1n) is 4.52. The molecule has 0 aromatic rings. The standard InChI is InChI=1S/C9H14O2S2/c1-3-4-7(10)9-5-8(11)6(2)12-13-9/h6,9H,3-5H2,1-2H3. The van der Waals surface area contributed by atoms with Crippen LogP contribution in [0.15, 0.2) is 0 Å². The van der Waals surface area contributed by atoms with Crippen molar-refractivity contribution in [1.82, 2.24) is 0 Å². The lowest BCUT2D eigenvalue weighted by Crippen LogP contribution is -2.28. The van der Waals surface area contributed by atoms with E-state index in [1.54, 1.807) is 10.8 Å². The fourth-order valence-corrected chi connectivity index (χ4v) is 3.87. The van der Waals surface area contributed by atoms with Crippen LogP contribution in [-0.2, 0) is 9.59 Å². The van der Waals surface area contributed by atoms with E-state index in [4.69, 9.17) is 0 Å². The second kappa shape index (κ2) is 5.05. The maximum atomic E-state index is 11.5. The predicted molar refractivity (Wildman–Crippen MR) is 58.0 cm³/mol. The van der Waals surface area contributed by atoms with Crippen LogP contribution in [0.25, 0.3) is 0 Å². The minimum atomic E-state index is -0.0753. The van der Waals surface area contributed by atoms with Crippen LogP contribution in [0, 0.1) is 0 Å². The van der Waals surface area contributed by atoms with Crippen molar-refractivity contribution in [2.75, 3.05) is 0 Å². The van der Waals surface area contributed by atoms with Gasteiger partial charge < -0.3 is 0 Å². The third kappa shape index (κ3) is 3.02. The summed E-state index contributed by atoms with van der Waals surface area (Å²) in [6, 6.07) is 0. The van der Waals surface area contributed by atoms with Gasteiger partial charge in [0.25, 0.3) is 0 Å². The number of carbonyl (C=O) groups excluding carboxylic acids is 2. The highest BCUT2D eigenvalue weighted by Crippen LogP contribution is 2.39. The van der Waals surface area contributed by atoms with Crippen molar-refractivity contribution in [1.29, 1.82) is 0 Å². The van der Waals surface area contributed by atoms with Gasteiger partial charge in [0.05, 0.1) is 10.5 Å². The quantitative estimate of drug-likeness (QED) is 0.681. The van der Waals surface area contributed by atoms with Crippen molar-refractivity contribution in [3.63, 3.8) is 0 Å². The number of hydrogen-bond donors (Lipinski definition) is 0. The normalized spacial score (nSPS) is 28.9. The van der Waals surface area contributed by atoms with Crippen molar-refractivity contribution in [2.24, 2.45) is 0 Å². The maximum absolute atomic E-state index is 11.5. The first-order valence-corrected chi connectivity index (χ1v) is 6.80. The van der Waals surface area contributed by atoms with Gasteiger partial charge >= 0.3 is 0 Å². The van der Waals surface area contributed by atoms with Crippen LogP contribution in [0.4, 0.5) is 0 Å². The zero-order chi connectivity index (χ0) is 9.84. The van der Waals surface area contributed by atoms with Gasteiger partial charge in [0.15, 0.2) is 0 Å². The number of hydrogen-bond acceptors (Lipinski definition) is 4. The maximum Gasteiger partial charge on any atom is 0.147 e. The molecule has 1 heterocycles. The number of ketones is 2. The lowest BCUT2D eigenvalue weighted by molar-refractivity contribution is -0.123. The molecule has 1 saturated heterocycles. The summed E-state index contributed by atoms with van der Waals surface area (Å²) < 4.78 is 0. The van der Waals surface area contributed by atoms with Gasteiger partial charge in [0, 0.05) is 12.8 Å². The van der Waals surface area contributed by atoms with Gasteiger partial charge in [-0.05, 0) is 13.3 Å². The highest BCUT2D eigenvalue weighted by molar-refractivity contribution is 8.77. The molecule has 0 N–H and O–H groups in total. The van der Waals surface area contributed by atoms with E-state index in [2.05, 4.69) is 0 Å². The van der Waals surface area contributed by atoms with E-state index in [1.807, 2.05) is 13.8 Å². The molecule has 2 nitrogen and oxygen atoms in total. The molecule has 2 unspecified atom stereocenters.